The number of carboxylic acids is 1. The lowest BCUT2D eigenvalue weighted by atomic mass is 10.4. The molecule has 0 aliphatic carbocycles. The monoisotopic (exact) mass is 258 g/mol. The van der Waals surface area contributed by atoms with Crippen LogP contribution in [0.2, 0.25) is 0 Å². The van der Waals surface area contributed by atoms with Gasteiger partial charge >= 0.3 is 12.0 Å². The number of carboxylic acid groups (broad SMARTS) is 1. The minimum atomic E-state index is -0.952. The predicted octanol–water partition coefficient (Wildman–Crippen LogP) is 1.09. The van der Waals surface area contributed by atoms with E-state index >= 15 is 0 Å². The summed E-state index contributed by atoms with van der Waals surface area (Å²) in [5, 5.41) is 22.3. The van der Waals surface area contributed by atoms with E-state index < -0.39 is 12.0 Å². The summed E-state index contributed by atoms with van der Waals surface area (Å²) in [6, 6.07) is -0.467. The Hall–Kier alpha value is -1.70. The molecule has 94 valence electrons. The van der Waals surface area contributed by atoms with Gasteiger partial charge < -0.3 is 10.4 Å². The van der Waals surface area contributed by atoms with Crippen molar-refractivity contribution in [1.29, 1.82) is 0 Å². The highest BCUT2D eigenvalue weighted by molar-refractivity contribution is 7.15. The highest BCUT2D eigenvalue weighted by atomic mass is 32.1. The third-order valence-corrected chi connectivity index (χ3v) is 2.67. The fourth-order valence-corrected chi connectivity index (χ4v) is 1.88. The third-order valence-electron chi connectivity index (χ3n) is 1.78. The Bertz CT molecular complexity index is 393. The lowest BCUT2D eigenvalue weighted by Crippen LogP contribution is -2.30. The molecule has 1 heterocycles. The van der Waals surface area contributed by atoms with Crippen LogP contribution in [-0.4, -0.2) is 33.8 Å². The summed E-state index contributed by atoms with van der Waals surface area (Å²) >= 11 is 1.32. The Morgan fingerprint density at radius 2 is 2.18 bits per heavy atom. The molecular formula is C9H14N4O3S. The molecule has 1 aromatic rings. The number of aromatic nitrogens is 2. The lowest BCUT2D eigenvalue weighted by Gasteiger charge is -2.02. The van der Waals surface area contributed by atoms with Crippen molar-refractivity contribution < 1.29 is 14.7 Å². The standard InChI is InChI=1S/C9H14N4O3S/c1-2-3-6-12-13-9(17-6)11-8(16)10-5-4-7(14)15/h2-5H2,1H3,(H,14,15)(H2,10,11,13,16). The zero-order valence-corrected chi connectivity index (χ0v) is 10.2. The Morgan fingerprint density at radius 1 is 1.41 bits per heavy atom. The summed E-state index contributed by atoms with van der Waals surface area (Å²) in [7, 11) is 0. The van der Waals surface area contributed by atoms with E-state index in [-0.39, 0.29) is 13.0 Å². The Morgan fingerprint density at radius 3 is 2.82 bits per heavy atom. The van der Waals surface area contributed by atoms with Crippen LogP contribution in [0, 0.1) is 0 Å². The maximum atomic E-state index is 11.3. The van der Waals surface area contributed by atoms with Gasteiger partial charge in [0.25, 0.3) is 0 Å². The first-order valence-corrected chi connectivity index (χ1v) is 6.02. The summed E-state index contributed by atoms with van der Waals surface area (Å²) in [5.74, 6) is -0.952. The van der Waals surface area contributed by atoms with Crippen molar-refractivity contribution in [2.45, 2.75) is 26.2 Å². The Kier molecular flexibility index (Phi) is 5.34. The van der Waals surface area contributed by atoms with E-state index in [9.17, 15) is 9.59 Å². The van der Waals surface area contributed by atoms with Crippen molar-refractivity contribution in [3.8, 4) is 0 Å². The first-order chi connectivity index (χ1) is 8.11. The molecule has 0 radical (unpaired) electrons. The molecule has 0 saturated heterocycles. The van der Waals surface area contributed by atoms with Crippen LogP contribution in [0.3, 0.4) is 0 Å². The molecule has 0 unspecified atom stereocenters. The van der Waals surface area contributed by atoms with E-state index in [2.05, 4.69) is 20.8 Å². The average molecular weight is 258 g/mol. The van der Waals surface area contributed by atoms with Crippen LogP contribution >= 0.6 is 11.3 Å². The van der Waals surface area contributed by atoms with Gasteiger partial charge in [-0.1, -0.05) is 18.3 Å². The third kappa shape index (κ3) is 5.25. The predicted molar refractivity (Wildman–Crippen MR) is 63.2 cm³/mol. The van der Waals surface area contributed by atoms with E-state index in [0.717, 1.165) is 17.8 Å². The van der Waals surface area contributed by atoms with Crippen LogP contribution in [0.25, 0.3) is 0 Å². The second kappa shape index (κ2) is 6.79. The lowest BCUT2D eigenvalue weighted by molar-refractivity contribution is -0.136. The largest absolute Gasteiger partial charge is 0.481 e. The number of nitrogens with zero attached hydrogens (tertiary/aromatic N) is 2. The summed E-state index contributed by atoms with van der Waals surface area (Å²) in [6.07, 6.45) is 1.70. The van der Waals surface area contributed by atoms with Crippen molar-refractivity contribution >= 4 is 28.5 Å². The summed E-state index contributed by atoms with van der Waals surface area (Å²) < 4.78 is 0. The van der Waals surface area contributed by atoms with Crippen molar-refractivity contribution in [3.63, 3.8) is 0 Å². The van der Waals surface area contributed by atoms with E-state index in [0.29, 0.717) is 5.13 Å². The molecule has 0 aliphatic rings. The van der Waals surface area contributed by atoms with Gasteiger partial charge in [-0.2, -0.15) is 0 Å². The molecule has 17 heavy (non-hydrogen) atoms. The molecule has 8 heteroatoms. The molecule has 0 atom stereocenters. The van der Waals surface area contributed by atoms with E-state index in [1.54, 1.807) is 0 Å². The van der Waals surface area contributed by atoms with E-state index in [1.165, 1.54) is 11.3 Å². The average Bonchev–Trinajstić information content (AvgIpc) is 2.65. The number of carbonyl (C=O) groups is 2. The van der Waals surface area contributed by atoms with Crippen LogP contribution in [0.4, 0.5) is 9.93 Å². The maximum Gasteiger partial charge on any atom is 0.321 e. The number of rotatable bonds is 6. The van der Waals surface area contributed by atoms with Crippen molar-refractivity contribution in [2.75, 3.05) is 11.9 Å². The normalized spacial score (nSPS) is 9.94. The number of nitrogens with one attached hydrogen (secondary N) is 2. The number of amides is 2. The van der Waals surface area contributed by atoms with Gasteiger partial charge in [0, 0.05) is 13.0 Å². The Balaban J connectivity index is 2.31. The van der Waals surface area contributed by atoms with Crippen molar-refractivity contribution in [1.82, 2.24) is 15.5 Å². The van der Waals surface area contributed by atoms with Crippen molar-refractivity contribution in [3.05, 3.63) is 5.01 Å². The smallest absolute Gasteiger partial charge is 0.321 e. The van der Waals surface area contributed by atoms with Crippen LogP contribution in [0.1, 0.15) is 24.8 Å². The van der Waals surface area contributed by atoms with Gasteiger partial charge in [0.15, 0.2) is 0 Å². The number of hydrogen-bond donors (Lipinski definition) is 3. The van der Waals surface area contributed by atoms with Gasteiger partial charge in [0.05, 0.1) is 6.42 Å². The maximum absolute atomic E-state index is 11.3. The minimum absolute atomic E-state index is 0.0851. The van der Waals surface area contributed by atoms with Crippen LogP contribution in [-0.2, 0) is 11.2 Å². The van der Waals surface area contributed by atoms with Crippen LogP contribution in [0.5, 0.6) is 0 Å². The summed E-state index contributed by atoms with van der Waals surface area (Å²) in [6.45, 7) is 2.12. The number of urea groups is 1. The number of hydrogen-bond acceptors (Lipinski definition) is 5. The van der Waals surface area contributed by atoms with E-state index in [4.69, 9.17) is 5.11 Å². The second-order valence-corrected chi connectivity index (χ2v) is 4.34. The number of carbonyl (C=O) groups excluding carboxylic acids is 1. The molecule has 7 nitrogen and oxygen atoms in total. The number of anilines is 1. The molecule has 0 saturated carbocycles. The van der Waals surface area contributed by atoms with Crippen LogP contribution in [0.15, 0.2) is 0 Å². The fourth-order valence-electron chi connectivity index (χ4n) is 1.04. The van der Waals surface area contributed by atoms with Crippen molar-refractivity contribution in [2.24, 2.45) is 0 Å². The number of aliphatic carboxylic acids is 1. The van der Waals surface area contributed by atoms with E-state index in [1.807, 2.05) is 6.92 Å². The quantitative estimate of drug-likeness (QED) is 0.708. The molecule has 2 amide bonds. The summed E-state index contributed by atoms with van der Waals surface area (Å²) in [4.78, 5) is 21.5. The molecule has 1 aromatic heterocycles. The highest BCUT2D eigenvalue weighted by Gasteiger charge is 2.07. The molecular weight excluding hydrogens is 244 g/mol. The minimum Gasteiger partial charge on any atom is -0.481 e. The summed E-state index contributed by atoms with van der Waals surface area (Å²) in [5.41, 5.74) is 0. The van der Waals surface area contributed by atoms with Gasteiger partial charge in [0.1, 0.15) is 5.01 Å². The first-order valence-electron chi connectivity index (χ1n) is 5.21. The van der Waals surface area contributed by atoms with Gasteiger partial charge in [-0.3, -0.25) is 10.1 Å². The molecule has 0 spiro atoms. The first kappa shape index (κ1) is 13.4. The van der Waals surface area contributed by atoms with Gasteiger partial charge in [-0.15, -0.1) is 10.2 Å². The SMILES string of the molecule is CCCc1nnc(NC(=O)NCCC(=O)O)s1. The molecule has 3 N–H and O–H groups in total. The molecule has 1 rings (SSSR count). The van der Waals surface area contributed by atoms with Gasteiger partial charge in [0.2, 0.25) is 5.13 Å². The highest BCUT2D eigenvalue weighted by Crippen LogP contribution is 2.15. The van der Waals surface area contributed by atoms with Gasteiger partial charge in [-0.05, 0) is 6.42 Å². The molecule has 0 bridgehead atoms. The van der Waals surface area contributed by atoms with Crippen LogP contribution < -0.4 is 10.6 Å². The van der Waals surface area contributed by atoms with Gasteiger partial charge in [-0.25, -0.2) is 4.79 Å². The fraction of sp³-hybridized carbons (Fsp3) is 0.556. The zero-order valence-electron chi connectivity index (χ0n) is 9.39. The molecule has 0 aromatic carbocycles. The number of aryl methyl sites for hydroxylation is 1. The topological polar surface area (TPSA) is 104 Å². The molecule has 0 aliphatic heterocycles. The zero-order chi connectivity index (χ0) is 12.7. The second-order valence-electron chi connectivity index (χ2n) is 3.28. The Labute approximate surface area is 102 Å². The molecule has 0 fully saturated rings.